The minimum atomic E-state index is 0.725. The lowest BCUT2D eigenvalue weighted by molar-refractivity contribution is 0.675. The van der Waals surface area contributed by atoms with Crippen molar-refractivity contribution in [2.75, 3.05) is 0 Å². The topological polar surface area (TPSA) is 50.7 Å². The molecule has 0 unspecified atom stereocenters. The van der Waals surface area contributed by atoms with Crippen LogP contribution in [0.4, 0.5) is 0 Å². The molecule has 5 heteroatoms. The summed E-state index contributed by atoms with van der Waals surface area (Å²) < 4.78 is 0. The molecule has 100 valence electrons. The van der Waals surface area contributed by atoms with Gasteiger partial charge in [-0.2, -0.15) is 0 Å². The third-order valence-electron chi connectivity index (χ3n) is 2.85. The minimum absolute atomic E-state index is 0.725. The molecule has 1 N–H and O–H groups in total. The average molecular weight is 282 g/mol. The van der Waals surface area contributed by atoms with Crippen molar-refractivity contribution in [2.24, 2.45) is 0 Å². The Labute approximate surface area is 121 Å². The maximum absolute atomic E-state index is 4.63. The van der Waals surface area contributed by atoms with Crippen molar-refractivity contribution < 1.29 is 0 Å². The Morgan fingerprint density at radius 1 is 1.05 bits per heavy atom. The van der Waals surface area contributed by atoms with Gasteiger partial charge in [0.1, 0.15) is 11.3 Å². The Morgan fingerprint density at radius 2 is 1.95 bits per heavy atom. The van der Waals surface area contributed by atoms with E-state index in [0.29, 0.717) is 0 Å². The molecule has 3 rings (SSSR count). The molecular formula is C15H14N4S. The molecular weight excluding hydrogens is 268 g/mol. The minimum Gasteiger partial charge on any atom is -0.305 e. The Balaban J connectivity index is 1.58. The van der Waals surface area contributed by atoms with E-state index in [9.17, 15) is 0 Å². The molecule has 0 aliphatic heterocycles. The number of benzene rings is 1. The molecule has 0 atom stereocenters. The van der Waals surface area contributed by atoms with E-state index >= 15 is 0 Å². The first-order chi connectivity index (χ1) is 9.92. The van der Waals surface area contributed by atoms with Gasteiger partial charge >= 0.3 is 0 Å². The van der Waals surface area contributed by atoms with Crippen molar-refractivity contribution in [3.8, 4) is 11.3 Å². The maximum Gasteiger partial charge on any atom is 0.115 e. The first kappa shape index (κ1) is 12.9. The molecule has 0 aliphatic carbocycles. The van der Waals surface area contributed by atoms with Crippen molar-refractivity contribution in [1.82, 2.24) is 20.3 Å². The highest BCUT2D eigenvalue weighted by molar-refractivity contribution is 7.09. The summed E-state index contributed by atoms with van der Waals surface area (Å²) in [5.74, 6) is 0. The number of hydrogen-bond donors (Lipinski definition) is 1. The van der Waals surface area contributed by atoms with E-state index in [-0.39, 0.29) is 0 Å². The van der Waals surface area contributed by atoms with Crippen molar-refractivity contribution in [1.29, 1.82) is 0 Å². The Bertz CT molecular complexity index is 652. The molecule has 0 aliphatic rings. The zero-order chi connectivity index (χ0) is 13.6. The van der Waals surface area contributed by atoms with Crippen LogP contribution in [0.25, 0.3) is 11.3 Å². The number of nitrogens with one attached hydrogen (secondary N) is 1. The summed E-state index contributed by atoms with van der Waals surface area (Å²) in [6.07, 6.45) is 3.31. The predicted octanol–water partition coefficient (Wildman–Crippen LogP) is 2.89. The Morgan fingerprint density at radius 3 is 2.75 bits per heavy atom. The van der Waals surface area contributed by atoms with Gasteiger partial charge in [-0.1, -0.05) is 30.3 Å². The van der Waals surface area contributed by atoms with Crippen LogP contribution in [0, 0.1) is 0 Å². The molecule has 2 heterocycles. The van der Waals surface area contributed by atoms with Gasteiger partial charge in [0.25, 0.3) is 0 Å². The smallest absolute Gasteiger partial charge is 0.115 e. The lowest BCUT2D eigenvalue weighted by Crippen LogP contribution is -2.13. The Kier molecular flexibility index (Phi) is 4.10. The number of nitrogens with zero attached hydrogens (tertiary/aromatic N) is 3. The molecule has 20 heavy (non-hydrogen) atoms. The van der Waals surface area contributed by atoms with Gasteiger partial charge in [0.15, 0.2) is 0 Å². The van der Waals surface area contributed by atoms with Crippen molar-refractivity contribution in [3.05, 3.63) is 65.0 Å². The maximum atomic E-state index is 4.63. The van der Waals surface area contributed by atoms with E-state index in [1.165, 1.54) is 0 Å². The van der Waals surface area contributed by atoms with E-state index in [2.05, 4.69) is 37.8 Å². The largest absolute Gasteiger partial charge is 0.305 e. The van der Waals surface area contributed by atoms with Gasteiger partial charge in [-0.25, -0.2) is 15.0 Å². The summed E-state index contributed by atoms with van der Waals surface area (Å²) in [7, 11) is 0. The second-order valence-corrected chi connectivity index (χ2v) is 5.24. The van der Waals surface area contributed by atoms with Crippen molar-refractivity contribution >= 4 is 11.3 Å². The molecule has 0 saturated heterocycles. The van der Waals surface area contributed by atoms with E-state index < -0.39 is 0 Å². The third-order valence-corrected chi connectivity index (χ3v) is 3.70. The second-order valence-electron chi connectivity index (χ2n) is 4.30. The summed E-state index contributed by atoms with van der Waals surface area (Å²) in [5, 5.41) is 6.52. The quantitative estimate of drug-likeness (QED) is 0.782. The van der Waals surface area contributed by atoms with Crippen LogP contribution >= 0.6 is 11.3 Å². The molecule has 1 aromatic carbocycles. The second kappa shape index (κ2) is 6.36. The number of aromatic nitrogens is 3. The van der Waals surface area contributed by atoms with E-state index in [0.717, 1.165) is 35.0 Å². The molecule has 4 nitrogen and oxygen atoms in total. The number of hydrogen-bond acceptors (Lipinski definition) is 5. The normalized spacial score (nSPS) is 10.6. The highest BCUT2D eigenvalue weighted by atomic mass is 32.1. The standard InChI is InChI=1S/C15H14N4S/c1-2-4-12(5-3-1)14-10-20-15(19-14)9-17-8-13-6-7-16-11-18-13/h1-7,10-11,17H,8-9H2. The fourth-order valence-corrected chi connectivity index (χ4v) is 2.63. The van der Waals surface area contributed by atoms with E-state index in [4.69, 9.17) is 0 Å². The van der Waals surface area contributed by atoms with Crippen LogP contribution in [-0.4, -0.2) is 15.0 Å². The summed E-state index contributed by atoms with van der Waals surface area (Å²) >= 11 is 1.67. The molecule has 0 saturated carbocycles. The van der Waals surface area contributed by atoms with Gasteiger partial charge in [-0.05, 0) is 6.07 Å². The van der Waals surface area contributed by atoms with Crippen molar-refractivity contribution in [2.45, 2.75) is 13.1 Å². The lowest BCUT2D eigenvalue weighted by Gasteiger charge is -2.01. The van der Waals surface area contributed by atoms with Crippen LogP contribution in [0.1, 0.15) is 10.7 Å². The predicted molar refractivity (Wildman–Crippen MR) is 80.1 cm³/mol. The van der Waals surface area contributed by atoms with Gasteiger partial charge < -0.3 is 5.32 Å². The SMILES string of the molecule is c1ccc(-c2csc(CNCc3ccncn3)n2)cc1. The average Bonchev–Trinajstić information content (AvgIpc) is 2.98. The molecule has 0 spiro atoms. The van der Waals surface area contributed by atoms with Gasteiger partial charge in [-0.15, -0.1) is 11.3 Å². The summed E-state index contributed by atoms with van der Waals surface area (Å²) in [4.78, 5) is 12.7. The summed E-state index contributed by atoms with van der Waals surface area (Å²) in [6.45, 7) is 1.48. The van der Waals surface area contributed by atoms with E-state index in [1.54, 1.807) is 23.9 Å². The molecule has 0 amide bonds. The van der Waals surface area contributed by atoms with Crippen LogP contribution in [0.2, 0.25) is 0 Å². The van der Waals surface area contributed by atoms with Gasteiger partial charge in [-0.3, -0.25) is 0 Å². The molecule has 2 aromatic heterocycles. The monoisotopic (exact) mass is 282 g/mol. The first-order valence-corrected chi connectivity index (χ1v) is 7.25. The Hall–Kier alpha value is -2.11. The number of rotatable bonds is 5. The van der Waals surface area contributed by atoms with Crippen LogP contribution in [0.5, 0.6) is 0 Å². The van der Waals surface area contributed by atoms with Crippen LogP contribution in [0.3, 0.4) is 0 Å². The van der Waals surface area contributed by atoms with Crippen LogP contribution < -0.4 is 5.32 Å². The zero-order valence-corrected chi connectivity index (χ0v) is 11.7. The van der Waals surface area contributed by atoms with Gasteiger partial charge in [0.05, 0.1) is 11.4 Å². The molecule has 0 radical (unpaired) electrons. The highest BCUT2D eigenvalue weighted by Gasteiger charge is 2.03. The molecule has 0 fully saturated rings. The highest BCUT2D eigenvalue weighted by Crippen LogP contribution is 2.21. The third kappa shape index (κ3) is 3.26. The lowest BCUT2D eigenvalue weighted by atomic mass is 10.2. The molecule has 0 bridgehead atoms. The first-order valence-electron chi connectivity index (χ1n) is 6.37. The van der Waals surface area contributed by atoms with Gasteiger partial charge in [0.2, 0.25) is 0 Å². The zero-order valence-electron chi connectivity index (χ0n) is 10.9. The van der Waals surface area contributed by atoms with Crippen LogP contribution in [-0.2, 0) is 13.1 Å². The molecule has 3 aromatic rings. The summed E-state index contributed by atoms with van der Waals surface area (Å²) in [6, 6.07) is 12.1. The van der Waals surface area contributed by atoms with Crippen LogP contribution in [0.15, 0.2) is 54.3 Å². The fraction of sp³-hybridized carbons (Fsp3) is 0.133. The van der Waals surface area contributed by atoms with Gasteiger partial charge in [0, 0.05) is 30.2 Å². The van der Waals surface area contributed by atoms with Crippen molar-refractivity contribution in [3.63, 3.8) is 0 Å². The summed E-state index contributed by atoms with van der Waals surface area (Å²) in [5.41, 5.74) is 3.18. The fourth-order valence-electron chi connectivity index (χ4n) is 1.85. The van der Waals surface area contributed by atoms with E-state index in [1.807, 2.05) is 24.3 Å². The number of thiazole rings is 1.